The molecule has 2 N–H and O–H groups in total. The molecule has 1 heterocycles. The first-order chi connectivity index (χ1) is 10.7. The number of aryl methyl sites for hydroxylation is 1. The summed E-state index contributed by atoms with van der Waals surface area (Å²) in [7, 11) is 2.12. The number of carbonyl (C=O) groups excluding carboxylic acids is 1. The monoisotopic (exact) mass is 303 g/mol. The third-order valence-corrected chi connectivity index (χ3v) is 4.33. The van der Waals surface area contributed by atoms with E-state index in [1.54, 1.807) is 0 Å². The van der Waals surface area contributed by atoms with Crippen molar-refractivity contribution in [2.75, 3.05) is 25.5 Å². The maximum atomic E-state index is 12.0. The zero-order chi connectivity index (χ0) is 15.8. The molecule has 0 unspecified atom stereocenters. The minimum Gasteiger partial charge on any atom is -0.335 e. The third-order valence-electron chi connectivity index (χ3n) is 4.33. The van der Waals surface area contributed by atoms with Crippen molar-refractivity contribution < 1.29 is 4.79 Å². The molecular formula is C18H29N3O. The SMILES string of the molecule is CCCCCc1ccc(NC(=O)NC2CCN(C)CC2)cc1. The molecule has 2 rings (SSSR count). The largest absolute Gasteiger partial charge is 0.335 e. The van der Waals surface area contributed by atoms with Crippen molar-refractivity contribution in [1.29, 1.82) is 0 Å². The minimum absolute atomic E-state index is 0.0895. The predicted molar refractivity (Wildman–Crippen MR) is 92.3 cm³/mol. The lowest BCUT2D eigenvalue weighted by molar-refractivity contribution is 0.221. The number of nitrogens with zero attached hydrogens (tertiary/aromatic N) is 1. The highest BCUT2D eigenvalue weighted by atomic mass is 16.2. The molecule has 4 nitrogen and oxygen atoms in total. The summed E-state index contributed by atoms with van der Waals surface area (Å²) < 4.78 is 0. The zero-order valence-corrected chi connectivity index (χ0v) is 13.9. The van der Waals surface area contributed by atoms with E-state index in [1.807, 2.05) is 12.1 Å². The van der Waals surface area contributed by atoms with E-state index in [-0.39, 0.29) is 6.03 Å². The van der Waals surface area contributed by atoms with Crippen LogP contribution in [0.3, 0.4) is 0 Å². The maximum Gasteiger partial charge on any atom is 0.319 e. The van der Waals surface area contributed by atoms with Gasteiger partial charge in [0.25, 0.3) is 0 Å². The van der Waals surface area contributed by atoms with Gasteiger partial charge in [-0.05, 0) is 63.5 Å². The number of urea groups is 1. The number of carbonyl (C=O) groups is 1. The van der Waals surface area contributed by atoms with Crippen LogP contribution in [0.4, 0.5) is 10.5 Å². The summed E-state index contributed by atoms with van der Waals surface area (Å²) in [5, 5.41) is 6.00. The lowest BCUT2D eigenvalue weighted by Crippen LogP contribution is -2.44. The van der Waals surface area contributed by atoms with Crippen LogP contribution in [0.25, 0.3) is 0 Å². The van der Waals surface area contributed by atoms with E-state index in [2.05, 4.69) is 41.6 Å². The van der Waals surface area contributed by atoms with Gasteiger partial charge in [-0.1, -0.05) is 31.9 Å². The Balaban J connectivity index is 1.74. The van der Waals surface area contributed by atoms with E-state index in [0.29, 0.717) is 6.04 Å². The normalized spacial score (nSPS) is 16.5. The van der Waals surface area contributed by atoms with Gasteiger partial charge in [-0.3, -0.25) is 0 Å². The Morgan fingerprint density at radius 1 is 1.18 bits per heavy atom. The van der Waals surface area contributed by atoms with E-state index in [9.17, 15) is 4.79 Å². The Morgan fingerprint density at radius 2 is 1.86 bits per heavy atom. The number of hydrogen-bond acceptors (Lipinski definition) is 2. The Kier molecular flexibility index (Phi) is 6.72. The first kappa shape index (κ1) is 16.8. The van der Waals surface area contributed by atoms with Crippen molar-refractivity contribution in [3.8, 4) is 0 Å². The molecule has 0 saturated carbocycles. The van der Waals surface area contributed by atoms with Crippen LogP contribution in [0.2, 0.25) is 0 Å². The molecule has 0 bridgehead atoms. The van der Waals surface area contributed by atoms with Crippen LogP contribution in [-0.4, -0.2) is 37.1 Å². The second-order valence-electron chi connectivity index (χ2n) is 6.33. The summed E-state index contributed by atoms with van der Waals surface area (Å²) in [5.74, 6) is 0. The fourth-order valence-electron chi connectivity index (χ4n) is 2.84. The number of anilines is 1. The number of unbranched alkanes of at least 4 members (excludes halogenated alkanes) is 2. The smallest absolute Gasteiger partial charge is 0.319 e. The van der Waals surface area contributed by atoms with Gasteiger partial charge in [-0.25, -0.2) is 4.79 Å². The first-order valence-electron chi connectivity index (χ1n) is 8.52. The van der Waals surface area contributed by atoms with Gasteiger partial charge in [-0.15, -0.1) is 0 Å². The standard InChI is InChI=1S/C18H29N3O/c1-3-4-5-6-15-7-9-16(10-8-15)19-18(22)20-17-11-13-21(2)14-12-17/h7-10,17H,3-6,11-14H2,1-2H3,(H2,19,20,22). The average Bonchev–Trinajstić information content (AvgIpc) is 2.51. The van der Waals surface area contributed by atoms with Gasteiger partial charge in [0.2, 0.25) is 0 Å². The molecule has 122 valence electrons. The quantitative estimate of drug-likeness (QED) is 0.788. The first-order valence-corrected chi connectivity index (χ1v) is 8.52. The molecule has 0 atom stereocenters. The molecule has 1 aromatic carbocycles. The maximum absolute atomic E-state index is 12.0. The summed E-state index contributed by atoms with van der Waals surface area (Å²) in [4.78, 5) is 14.3. The fraction of sp³-hybridized carbons (Fsp3) is 0.611. The average molecular weight is 303 g/mol. The topological polar surface area (TPSA) is 44.4 Å². The van der Waals surface area contributed by atoms with Crippen molar-refractivity contribution in [1.82, 2.24) is 10.2 Å². The van der Waals surface area contributed by atoms with Gasteiger partial charge in [-0.2, -0.15) is 0 Å². The lowest BCUT2D eigenvalue weighted by atomic mass is 10.1. The fourth-order valence-corrected chi connectivity index (χ4v) is 2.84. The Labute approximate surface area is 134 Å². The molecule has 1 fully saturated rings. The molecule has 0 aromatic heterocycles. The Morgan fingerprint density at radius 3 is 2.50 bits per heavy atom. The number of benzene rings is 1. The molecule has 0 radical (unpaired) electrons. The minimum atomic E-state index is -0.0895. The van der Waals surface area contributed by atoms with E-state index in [1.165, 1.54) is 24.8 Å². The van der Waals surface area contributed by atoms with E-state index >= 15 is 0 Å². The molecule has 4 heteroatoms. The zero-order valence-electron chi connectivity index (χ0n) is 13.9. The molecule has 1 aliphatic rings. The van der Waals surface area contributed by atoms with Gasteiger partial charge in [0.05, 0.1) is 0 Å². The van der Waals surface area contributed by atoms with Crippen LogP contribution < -0.4 is 10.6 Å². The summed E-state index contributed by atoms with van der Waals surface area (Å²) in [6, 6.07) is 8.42. The van der Waals surface area contributed by atoms with Crippen molar-refractivity contribution in [3.63, 3.8) is 0 Å². The molecule has 2 amide bonds. The number of nitrogens with one attached hydrogen (secondary N) is 2. The third kappa shape index (κ3) is 5.68. The highest BCUT2D eigenvalue weighted by molar-refractivity contribution is 5.89. The molecular weight excluding hydrogens is 274 g/mol. The highest BCUT2D eigenvalue weighted by Crippen LogP contribution is 2.13. The van der Waals surface area contributed by atoms with Crippen LogP contribution in [0, 0.1) is 0 Å². The van der Waals surface area contributed by atoms with E-state index < -0.39 is 0 Å². The van der Waals surface area contributed by atoms with Crippen molar-refractivity contribution in [2.24, 2.45) is 0 Å². The van der Waals surface area contributed by atoms with Gasteiger partial charge in [0, 0.05) is 11.7 Å². The second kappa shape index (κ2) is 8.79. The Bertz CT molecular complexity index is 450. The van der Waals surface area contributed by atoms with Gasteiger partial charge < -0.3 is 15.5 Å². The molecule has 1 aromatic rings. The van der Waals surface area contributed by atoms with Crippen molar-refractivity contribution >= 4 is 11.7 Å². The Hall–Kier alpha value is -1.55. The summed E-state index contributed by atoms with van der Waals surface area (Å²) in [6.07, 6.45) is 6.94. The van der Waals surface area contributed by atoms with E-state index in [4.69, 9.17) is 0 Å². The molecule has 1 aliphatic heterocycles. The van der Waals surface area contributed by atoms with Gasteiger partial charge >= 0.3 is 6.03 Å². The van der Waals surface area contributed by atoms with Crippen LogP contribution in [-0.2, 0) is 6.42 Å². The van der Waals surface area contributed by atoms with Crippen molar-refractivity contribution in [2.45, 2.75) is 51.5 Å². The molecule has 22 heavy (non-hydrogen) atoms. The summed E-state index contributed by atoms with van der Waals surface area (Å²) in [5.41, 5.74) is 2.21. The molecule has 1 saturated heterocycles. The lowest BCUT2D eigenvalue weighted by Gasteiger charge is -2.29. The predicted octanol–water partition coefficient (Wildman–Crippen LogP) is 3.64. The van der Waals surface area contributed by atoms with E-state index in [0.717, 1.165) is 38.0 Å². The number of amides is 2. The second-order valence-corrected chi connectivity index (χ2v) is 6.33. The van der Waals surface area contributed by atoms with Gasteiger partial charge in [0.15, 0.2) is 0 Å². The summed E-state index contributed by atoms with van der Waals surface area (Å²) >= 11 is 0. The number of piperidine rings is 1. The molecule has 0 aliphatic carbocycles. The van der Waals surface area contributed by atoms with Gasteiger partial charge in [0.1, 0.15) is 0 Å². The number of rotatable bonds is 6. The number of hydrogen-bond donors (Lipinski definition) is 2. The highest BCUT2D eigenvalue weighted by Gasteiger charge is 2.18. The van der Waals surface area contributed by atoms with Crippen LogP contribution in [0.1, 0.15) is 44.6 Å². The van der Waals surface area contributed by atoms with Crippen LogP contribution >= 0.6 is 0 Å². The molecule has 0 spiro atoms. The van der Waals surface area contributed by atoms with Crippen LogP contribution in [0.5, 0.6) is 0 Å². The number of likely N-dealkylation sites (tertiary alicyclic amines) is 1. The van der Waals surface area contributed by atoms with Crippen molar-refractivity contribution in [3.05, 3.63) is 29.8 Å². The summed E-state index contributed by atoms with van der Waals surface area (Å²) in [6.45, 7) is 4.32. The van der Waals surface area contributed by atoms with Crippen LogP contribution in [0.15, 0.2) is 24.3 Å².